The highest BCUT2D eigenvalue weighted by atomic mass is 79.9. The molecule has 1 aliphatic carbocycles. The third-order valence-corrected chi connectivity index (χ3v) is 5.20. The van der Waals surface area contributed by atoms with E-state index in [2.05, 4.69) is 40.4 Å². The first-order valence-electron chi connectivity index (χ1n) is 6.88. The van der Waals surface area contributed by atoms with Crippen LogP contribution in [0.2, 0.25) is 0 Å². The van der Waals surface area contributed by atoms with Crippen molar-refractivity contribution in [3.05, 3.63) is 0 Å². The first-order valence-corrected chi connectivity index (χ1v) is 7.80. The van der Waals surface area contributed by atoms with E-state index >= 15 is 0 Å². The highest BCUT2D eigenvalue weighted by Crippen LogP contribution is 2.32. The number of nitrogens with one attached hydrogen (secondary N) is 2. The van der Waals surface area contributed by atoms with Crippen LogP contribution in [0.4, 0.5) is 0 Å². The Morgan fingerprint density at radius 3 is 2.56 bits per heavy atom. The zero-order chi connectivity index (χ0) is 11.5. The lowest BCUT2D eigenvalue weighted by Crippen LogP contribution is -2.48. The van der Waals surface area contributed by atoms with Crippen LogP contribution in [0.5, 0.6) is 0 Å². The maximum absolute atomic E-state index is 3.83. The average molecular weight is 289 g/mol. The van der Waals surface area contributed by atoms with Gasteiger partial charge in [-0.25, -0.2) is 0 Å². The van der Waals surface area contributed by atoms with E-state index in [9.17, 15) is 0 Å². The van der Waals surface area contributed by atoms with Crippen molar-refractivity contribution in [2.24, 2.45) is 5.92 Å². The molecule has 1 aliphatic heterocycles. The highest BCUT2D eigenvalue weighted by molar-refractivity contribution is 9.09. The third kappa shape index (κ3) is 2.80. The summed E-state index contributed by atoms with van der Waals surface area (Å²) in [6.45, 7) is 4.66. The Labute approximate surface area is 108 Å². The van der Waals surface area contributed by atoms with Gasteiger partial charge in [0.1, 0.15) is 0 Å². The normalized spacial score (nSPS) is 43.3. The minimum atomic E-state index is 0.558. The Bertz CT molecular complexity index is 204. The minimum Gasteiger partial charge on any atom is -0.297 e. The summed E-state index contributed by atoms with van der Waals surface area (Å²) in [6.07, 6.45) is 8.54. The minimum absolute atomic E-state index is 0.558. The zero-order valence-electron chi connectivity index (χ0n) is 10.5. The Hall–Kier alpha value is 0.400. The fraction of sp³-hybridized carbons (Fsp3) is 1.00. The lowest BCUT2D eigenvalue weighted by molar-refractivity contribution is 0.292. The monoisotopic (exact) mass is 288 g/mol. The lowest BCUT2D eigenvalue weighted by atomic mass is 9.83. The van der Waals surface area contributed by atoms with E-state index in [4.69, 9.17) is 0 Å². The molecule has 1 saturated carbocycles. The van der Waals surface area contributed by atoms with Crippen molar-refractivity contribution >= 4 is 15.9 Å². The van der Waals surface area contributed by atoms with Crippen LogP contribution in [0.15, 0.2) is 0 Å². The van der Waals surface area contributed by atoms with E-state index in [0.717, 1.165) is 5.92 Å². The van der Waals surface area contributed by atoms with Crippen molar-refractivity contribution in [1.29, 1.82) is 0 Å². The molecule has 5 unspecified atom stereocenters. The molecule has 0 bridgehead atoms. The second-order valence-corrected chi connectivity index (χ2v) is 6.68. The van der Waals surface area contributed by atoms with Crippen LogP contribution in [-0.2, 0) is 0 Å². The molecule has 2 fully saturated rings. The lowest BCUT2D eigenvalue weighted by Gasteiger charge is -2.34. The predicted molar refractivity (Wildman–Crippen MR) is 72.9 cm³/mol. The summed E-state index contributed by atoms with van der Waals surface area (Å²) in [6, 6.07) is 1.33. The Balaban J connectivity index is 1.84. The van der Waals surface area contributed by atoms with Gasteiger partial charge in [0.15, 0.2) is 0 Å². The number of alkyl halides is 1. The molecule has 2 nitrogen and oxygen atoms in total. The molecule has 2 N–H and O–H groups in total. The van der Waals surface area contributed by atoms with Gasteiger partial charge < -0.3 is 0 Å². The van der Waals surface area contributed by atoms with E-state index in [1.165, 1.54) is 38.5 Å². The van der Waals surface area contributed by atoms with Gasteiger partial charge in [-0.1, -0.05) is 49.0 Å². The summed E-state index contributed by atoms with van der Waals surface area (Å²) in [5, 5.41) is 7.56. The second-order valence-electron chi connectivity index (χ2n) is 5.50. The fourth-order valence-electron chi connectivity index (χ4n) is 3.11. The molecular weight excluding hydrogens is 264 g/mol. The first-order chi connectivity index (χ1) is 7.72. The van der Waals surface area contributed by atoms with Crippen LogP contribution in [0, 0.1) is 5.92 Å². The van der Waals surface area contributed by atoms with Crippen LogP contribution in [-0.4, -0.2) is 23.1 Å². The van der Waals surface area contributed by atoms with E-state index in [0.29, 0.717) is 23.1 Å². The number of fused-ring (bicyclic) bond motifs is 1. The van der Waals surface area contributed by atoms with Crippen molar-refractivity contribution in [2.75, 3.05) is 0 Å². The molecule has 16 heavy (non-hydrogen) atoms. The SMILES string of the molecule is CCCCCC1NC2C(C)CCC(Br)C2N1. The molecule has 1 saturated heterocycles. The van der Waals surface area contributed by atoms with Gasteiger partial charge in [0.25, 0.3) is 0 Å². The van der Waals surface area contributed by atoms with Crippen LogP contribution in [0.3, 0.4) is 0 Å². The maximum Gasteiger partial charge on any atom is 0.0577 e. The van der Waals surface area contributed by atoms with E-state index < -0.39 is 0 Å². The molecule has 5 atom stereocenters. The van der Waals surface area contributed by atoms with E-state index in [1.54, 1.807) is 0 Å². The molecule has 0 amide bonds. The van der Waals surface area contributed by atoms with Crippen molar-refractivity contribution < 1.29 is 0 Å². The maximum atomic E-state index is 3.83. The average Bonchev–Trinajstić information content (AvgIpc) is 2.69. The van der Waals surface area contributed by atoms with Crippen molar-refractivity contribution in [3.8, 4) is 0 Å². The molecular formula is C13H25BrN2. The van der Waals surface area contributed by atoms with Crippen LogP contribution in [0.1, 0.15) is 52.4 Å². The standard InChI is InChI=1S/C13H25BrN2/c1-3-4-5-6-11-15-12-9(2)7-8-10(14)13(12)16-11/h9-13,15-16H,3-8H2,1-2H3. The molecule has 0 aromatic heterocycles. The molecule has 94 valence electrons. The summed E-state index contributed by atoms with van der Waals surface area (Å²) >= 11 is 3.83. The number of halogens is 1. The molecule has 1 heterocycles. The van der Waals surface area contributed by atoms with Gasteiger partial charge in [-0.2, -0.15) is 0 Å². The van der Waals surface area contributed by atoms with Gasteiger partial charge in [-0.05, 0) is 25.2 Å². The van der Waals surface area contributed by atoms with E-state index in [-0.39, 0.29) is 0 Å². The van der Waals surface area contributed by atoms with Gasteiger partial charge >= 0.3 is 0 Å². The van der Waals surface area contributed by atoms with Crippen molar-refractivity contribution in [2.45, 2.75) is 75.4 Å². The molecule has 2 aliphatic rings. The predicted octanol–water partition coefficient (Wildman–Crippen LogP) is 3.02. The van der Waals surface area contributed by atoms with E-state index in [1.807, 2.05) is 0 Å². The van der Waals surface area contributed by atoms with Crippen molar-refractivity contribution in [1.82, 2.24) is 10.6 Å². The number of hydrogen-bond acceptors (Lipinski definition) is 2. The van der Waals surface area contributed by atoms with Gasteiger partial charge in [-0.3, -0.25) is 10.6 Å². The summed E-state index contributed by atoms with van der Waals surface area (Å²) in [5.74, 6) is 0.822. The molecule has 0 aromatic carbocycles. The smallest absolute Gasteiger partial charge is 0.0577 e. The van der Waals surface area contributed by atoms with Gasteiger partial charge in [0.2, 0.25) is 0 Å². The topological polar surface area (TPSA) is 24.1 Å². The van der Waals surface area contributed by atoms with Gasteiger partial charge in [0, 0.05) is 16.9 Å². The van der Waals surface area contributed by atoms with Crippen LogP contribution in [0.25, 0.3) is 0 Å². The van der Waals surface area contributed by atoms with Gasteiger partial charge in [0.05, 0.1) is 6.17 Å². The number of rotatable bonds is 4. The molecule has 2 rings (SSSR count). The second kappa shape index (κ2) is 5.83. The fourth-order valence-corrected chi connectivity index (χ4v) is 3.86. The van der Waals surface area contributed by atoms with Gasteiger partial charge in [-0.15, -0.1) is 0 Å². The largest absolute Gasteiger partial charge is 0.297 e. The van der Waals surface area contributed by atoms with Crippen LogP contribution < -0.4 is 10.6 Å². The molecule has 0 spiro atoms. The Morgan fingerprint density at radius 1 is 1.12 bits per heavy atom. The quantitative estimate of drug-likeness (QED) is 0.614. The summed E-state index contributed by atoms with van der Waals surface area (Å²) in [4.78, 5) is 0.664. The van der Waals surface area contributed by atoms with Crippen LogP contribution >= 0.6 is 15.9 Å². The first kappa shape index (κ1) is 12.8. The Kier molecular flexibility index (Phi) is 4.68. The molecule has 3 heteroatoms. The number of hydrogen-bond donors (Lipinski definition) is 2. The third-order valence-electron chi connectivity index (χ3n) is 4.17. The van der Waals surface area contributed by atoms with Crippen molar-refractivity contribution in [3.63, 3.8) is 0 Å². The highest BCUT2D eigenvalue weighted by Gasteiger charge is 2.42. The molecule has 0 aromatic rings. The molecule has 0 radical (unpaired) electrons. The summed E-state index contributed by atoms with van der Waals surface area (Å²) in [5.41, 5.74) is 0. The summed E-state index contributed by atoms with van der Waals surface area (Å²) < 4.78 is 0. The Morgan fingerprint density at radius 2 is 1.88 bits per heavy atom. The zero-order valence-corrected chi connectivity index (χ0v) is 12.1. The summed E-state index contributed by atoms with van der Waals surface area (Å²) in [7, 11) is 0. The number of unbranched alkanes of at least 4 members (excludes halogenated alkanes) is 2.